The molecule has 0 aliphatic rings. The normalized spacial score (nSPS) is 10.3. The van der Waals surface area contributed by atoms with E-state index >= 15 is 0 Å². The highest BCUT2D eigenvalue weighted by atomic mass is 79.9. The Bertz CT molecular complexity index is 132. The molecule has 0 aliphatic carbocycles. The lowest BCUT2D eigenvalue weighted by atomic mass is 10.5. The molecule has 0 rings (SSSR count). The Hall–Kier alpha value is -0.0900. The lowest BCUT2D eigenvalue weighted by Gasteiger charge is -2.23. The third-order valence-corrected chi connectivity index (χ3v) is 1.31. The predicted octanol–water partition coefficient (Wildman–Crippen LogP) is -2.35. The lowest BCUT2D eigenvalue weighted by Crippen LogP contribution is -3.00. The van der Waals surface area contributed by atoms with Crippen molar-refractivity contribution >= 4 is 5.97 Å². The van der Waals surface area contributed by atoms with Crippen LogP contribution < -0.4 is 17.0 Å². The van der Waals surface area contributed by atoms with Crippen LogP contribution in [0.3, 0.4) is 0 Å². The molecule has 0 atom stereocenters. The molecule has 0 spiro atoms. The first-order valence-electron chi connectivity index (χ1n) is 3.92. The van der Waals surface area contributed by atoms with E-state index in [1.807, 2.05) is 0 Å². The van der Waals surface area contributed by atoms with Crippen LogP contribution in [0.15, 0.2) is 0 Å². The molecule has 0 aromatic rings. The number of halogens is 1. The summed E-state index contributed by atoms with van der Waals surface area (Å²) in [6.45, 7) is 3.19. The molecule has 0 N–H and O–H groups in total. The van der Waals surface area contributed by atoms with E-state index < -0.39 is 0 Å². The van der Waals surface area contributed by atoms with Crippen LogP contribution in [-0.4, -0.2) is 44.7 Å². The van der Waals surface area contributed by atoms with E-state index in [0.29, 0.717) is 13.0 Å². The maximum atomic E-state index is 10.7. The summed E-state index contributed by atoms with van der Waals surface area (Å²) < 4.78 is 5.74. The molecule has 0 fully saturated rings. The van der Waals surface area contributed by atoms with Crippen molar-refractivity contribution < 1.29 is 31.0 Å². The monoisotopic (exact) mass is 239 g/mol. The molecule has 0 radical (unpaired) electrons. The second-order valence-electron chi connectivity index (χ2n) is 3.59. The first-order chi connectivity index (χ1) is 4.95. The molecule has 3 nitrogen and oxygen atoms in total. The fourth-order valence-electron chi connectivity index (χ4n) is 0.535. The van der Waals surface area contributed by atoms with E-state index in [1.165, 1.54) is 0 Å². The van der Waals surface area contributed by atoms with Crippen molar-refractivity contribution in [2.75, 3.05) is 34.3 Å². The van der Waals surface area contributed by atoms with E-state index in [9.17, 15) is 4.79 Å². The Balaban J connectivity index is 0. The van der Waals surface area contributed by atoms with Gasteiger partial charge in [0.15, 0.2) is 0 Å². The first kappa shape index (κ1) is 14.4. The van der Waals surface area contributed by atoms with Crippen molar-refractivity contribution in [3.8, 4) is 0 Å². The van der Waals surface area contributed by atoms with Gasteiger partial charge in [-0.1, -0.05) is 6.92 Å². The maximum Gasteiger partial charge on any atom is 0.305 e. The van der Waals surface area contributed by atoms with Crippen LogP contribution in [0.4, 0.5) is 0 Å². The fourth-order valence-corrected chi connectivity index (χ4v) is 0.535. The van der Waals surface area contributed by atoms with Gasteiger partial charge >= 0.3 is 5.97 Å². The predicted molar refractivity (Wildman–Crippen MR) is 44.1 cm³/mol. The smallest absolute Gasteiger partial charge is 0.305 e. The number of carbonyl (C=O) groups is 1. The average molecular weight is 240 g/mol. The summed E-state index contributed by atoms with van der Waals surface area (Å²) in [6, 6.07) is 0. The van der Waals surface area contributed by atoms with Crippen molar-refractivity contribution in [2.24, 2.45) is 0 Å². The van der Waals surface area contributed by atoms with Gasteiger partial charge in [-0.15, -0.1) is 0 Å². The van der Waals surface area contributed by atoms with Crippen LogP contribution in [0.5, 0.6) is 0 Å². The molecule has 0 bridgehead atoms. The third-order valence-electron chi connectivity index (χ3n) is 1.31. The Morgan fingerprint density at radius 1 is 1.33 bits per heavy atom. The molecule has 0 aromatic carbocycles. The molecule has 4 heteroatoms. The molecule has 0 saturated heterocycles. The van der Waals surface area contributed by atoms with E-state index in [2.05, 4.69) is 21.1 Å². The number of likely N-dealkylation sites (N-methyl/N-ethyl adjacent to an activating group) is 1. The van der Waals surface area contributed by atoms with Crippen molar-refractivity contribution in [3.05, 3.63) is 0 Å². The van der Waals surface area contributed by atoms with Gasteiger partial charge in [0, 0.05) is 6.42 Å². The van der Waals surface area contributed by atoms with Gasteiger partial charge in [-0.05, 0) is 0 Å². The van der Waals surface area contributed by atoms with Crippen LogP contribution in [0.25, 0.3) is 0 Å². The summed E-state index contributed by atoms with van der Waals surface area (Å²) in [7, 11) is 6.21. The number of hydrogen-bond acceptors (Lipinski definition) is 2. The summed E-state index contributed by atoms with van der Waals surface area (Å²) in [6.07, 6.45) is 0.469. The minimum Gasteiger partial charge on any atom is -1.00 e. The zero-order chi connectivity index (χ0) is 8.91. The largest absolute Gasteiger partial charge is 1.00 e. The van der Waals surface area contributed by atoms with Crippen molar-refractivity contribution in [3.63, 3.8) is 0 Å². The zero-order valence-electron chi connectivity index (χ0n) is 8.26. The SMILES string of the molecule is CCC(=O)OCC[N+](C)(C)C.[Br-]. The second kappa shape index (κ2) is 6.43. The highest BCUT2D eigenvalue weighted by molar-refractivity contribution is 5.68. The number of hydrogen-bond donors (Lipinski definition) is 0. The lowest BCUT2D eigenvalue weighted by molar-refractivity contribution is -0.870. The summed E-state index contributed by atoms with van der Waals surface area (Å²) in [5, 5.41) is 0. The van der Waals surface area contributed by atoms with Gasteiger partial charge in [-0.2, -0.15) is 0 Å². The second-order valence-corrected chi connectivity index (χ2v) is 3.59. The summed E-state index contributed by atoms with van der Waals surface area (Å²) in [5.74, 6) is -0.113. The van der Waals surface area contributed by atoms with Crippen molar-refractivity contribution in [1.82, 2.24) is 0 Å². The first-order valence-corrected chi connectivity index (χ1v) is 3.92. The minimum atomic E-state index is -0.113. The van der Waals surface area contributed by atoms with Gasteiger partial charge in [0.1, 0.15) is 13.2 Å². The molecular formula is C8H18BrNO2. The summed E-state index contributed by atoms with van der Waals surface area (Å²) in [4.78, 5) is 10.7. The quantitative estimate of drug-likeness (QED) is 0.406. The Kier molecular flexibility index (Phi) is 7.73. The van der Waals surface area contributed by atoms with Gasteiger partial charge < -0.3 is 26.2 Å². The fraction of sp³-hybridized carbons (Fsp3) is 0.875. The van der Waals surface area contributed by atoms with Gasteiger partial charge in [-0.25, -0.2) is 0 Å². The standard InChI is InChI=1S/C8H18NO2.BrH/c1-5-8(10)11-7-6-9(2,3)4;/h5-7H2,1-4H3;1H/q+1;/p-1. The van der Waals surface area contributed by atoms with Gasteiger partial charge in [-0.3, -0.25) is 4.79 Å². The summed E-state index contributed by atoms with van der Waals surface area (Å²) in [5.41, 5.74) is 0. The molecule has 0 aromatic heterocycles. The number of nitrogens with zero attached hydrogens (tertiary/aromatic N) is 1. The van der Waals surface area contributed by atoms with E-state index in [-0.39, 0.29) is 23.0 Å². The highest BCUT2D eigenvalue weighted by Gasteiger charge is 2.07. The van der Waals surface area contributed by atoms with Crippen LogP contribution in [0, 0.1) is 0 Å². The average Bonchev–Trinajstić information content (AvgIpc) is 1.85. The maximum absolute atomic E-state index is 10.7. The third kappa shape index (κ3) is 9.91. The van der Waals surface area contributed by atoms with Gasteiger partial charge in [0.2, 0.25) is 0 Å². The molecule has 0 amide bonds. The van der Waals surface area contributed by atoms with Crippen LogP contribution in [0.1, 0.15) is 13.3 Å². The Labute approximate surface area is 85.1 Å². The zero-order valence-corrected chi connectivity index (χ0v) is 9.85. The Morgan fingerprint density at radius 2 is 1.83 bits per heavy atom. The number of esters is 1. The van der Waals surface area contributed by atoms with Crippen molar-refractivity contribution in [2.45, 2.75) is 13.3 Å². The number of rotatable bonds is 4. The van der Waals surface area contributed by atoms with E-state index in [4.69, 9.17) is 4.74 Å². The molecule has 0 unspecified atom stereocenters. The van der Waals surface area contributed by atoms with Crippen LogP contribution in [0.2, 0.25) is 0 Å². The molecule has 74 valence electrons. The molecule has 12 heavy (non-hydrogen) atoms. The van der Waals surface area contributed by atoms with Gasteiger partial charge in [0.05, 0.1) is 21.1 Å². The summed E-state index contributed by atoms with van der Waals surface area (Å²) >= 11 is 0. The molecule has 0 saturated carbocycles. The van der Waals surface area contributed by atoms with E-state index in [0.717, 1.165) is 11.0 Å². The number of quaternary nitrogens is 1. The molecular weight excluding hydrogens is 222 g/mol. The van der Waals surface area contributed by atoms with E-state index in [1.54, 1.807) is 6.92 Å². The molecule has 0 heterocycles. The topological polar surface area (TPSA) is 26.3 Å². The van der Waals surface area contributed by atoms with Crippen LogP contribution in [-0.2, 0) is 9.53 Å². The minimum absolute atomic E-state index is 0. The molecule has 0 aliphatic heterocycles. The van der Waals surface area contributed by atoms with Crippen LogP contribution >= 0.6 is 0 Å². The van der Waals surface area contributed by atoms with Crippen molar-refractivity contribution in [1.29, 1.82) is 0 Å². The number of ether oxygens (including phenoxy) is 1. The highest BCUT2D eigenvalue weighted by Crippen LogP contribution is 1.91. The van der Waals surface area contributed by atoms with Gasteiger partial charge in [0.25, 0.3) is 0 Å². The Morgan fingerprint density at radius 3 is 2.17 bits per heavy atom. The number of carbonyl (C=O) groups excluding carboxylic acids is 1.